The van der Waals surface area contributed by atoms with Gasteiger partial charge < -0.3 is 29.0 Å². The van der Waals surface area contributed by atoms with Crippen LogP contribution in [0.2, 0.25) is 0 Å². The molecule has 0 spiro atoms. The molecule has 0 aliphatic carbocycles. The fourth-order valence-electron chi connectivity index (χ4n) is 1.60. The predicted octanol–water partition coefficient (Wildman–Crippen LogP) is 2.81. The van der Waals surface area contributed by atoms with E-state index in [1.807, 2.05) is 0 Å². The Balaban J connectivity index is 0. The molecular formula is C11H28O7P2S. The Morgan fingerprint density at radius 3 is 1.48 bits per heavy atom. The summed E-state index contributed by atoms with van der Waals surface area (Å²) in [6, 6.07) is 0. The largest absolute Gasteiger partial charge is 0.466 e. The van der Waals surface area contributed by atoms with Gasteiger partial charge in [0.15, 0.2) is 0 Å². The third kappa shape index (κ3) is 38.5. The normalized spacial score (nSPS) is 11.9. The highest BCUT2D eigenvalue weighted by Gasteiger charge is 2.06. The predicted molar refractivity (Wildman–Crippen MR) is 86.2 cm³/mol. The van der Waals surface area contributed by atoms with Crippen molar-refractivity contribution in [1.82, 2.24) is 0 Å². The molecule has 0 fully saturated rings. The van der Waals surface area contributed by atoms with E-state index in [0.717, 1.165) is 12.8 Å². The van der Waals surface area contributed by atoms with Gasteiger partial charge in [-0.2, -0.15) is 0 Å². The Bertz CT molecular complexity index is 307. The fourth-order valence-corrected chi connectivity index (χ4v) is 2.19. The van der Waals surface area contributed by atoms with Crippen molar-refractivity contribution < 1.29 is 33.6 Å². The topological polar surface area (TPSA) is 127 Å². The average molecular weight is 366 g/mol. The number of rotatable bonds is 11. The molecule has 0 bridgehead atoms. The highest BCUT2D eigenvalue weighted by Crippen LogP contribution is 2.36. The van der Waals surface area contributed by atoms with E-state index in [0.29, 0.717) is 6.61 Å². The minimum absolute atomic E-state index is 0.375. The second-order valence-electron chi connectivity index (χ2n) is 4.67. The van der Waals surface area contributed by atoms with Gasteiger partial charge in [-0.3, -0.25) is 0 Å². The maximum Gasteiger partial charge on any atom is 0.466 e. The first-order valence-electron chi connectivity index (χ1n) is 7.04. The van der Waals surface area contributed by atoms with E-state index in [9.17, 15) is 0 Å². The molecule has 0 amide bonds. The lowest BCUT2D eigenvalue weighted by molar-refractivity contribution is 0.245. The Kier molecular flexibility index (Phi) is 16.2. The number of hydrogen-bond donors (Lipinski definition) is 5. The van der Waals surface area contributed by atoms with Gasteiger partial charge in [0.2, 0.25) is 0 Å². The van der Waals surface area contributed by atoms with Crippen LogP contribution in [0.4, 0.5) is 0 Å². The van der Waals surface area contributed by atoms with Crippen LogP contribution in [0.3, 0.4) is 0 Å². The first-order chi connectivity index (χ1) is 9.56. The summed E-state index contributed by atoms with van der Waals surface area (Å²) in [6.45, 7) is -0.805. The second kappa shape index (κ2) is 14.2. The van der Waals surface area contributed by atoms with Crippen molar-refractivity contribution in [1.29, 1.82) is 0 Å². The van der Waals surface area contributed by atoms with Crippen LogP contribution >= 0.6 is 14.5 Å². The van der Waals surface area contributed by atoms with Crippen LogP contribution in [0.15, 0.2) is 0 Å². The third-order valence-electron chi connectivity index (χ3n) is 2.51. The van der Waals surface area contributed by atoms with E-state index in [1.54, 1.807) is 0 Å². The number of hydrogen-bond acceptors (Lipinski definition) is 3. The van der Waals surface area contributed by atoms with Gasteiger partial charge in [0.05, 0.1) is 6.61 Å². The first kappa shape index (κ1) is 23.9. The molecule has 0 saturated carbocycles. The first-order valence-corrected chi connectivity index (χ1v) is 11.2. The van der Waals surface area contributed by atoms with Crippen molar-refractivity contribution in [2.75, 3.05) is 6.61 Å². The van der Waals surface area contributed by atoms with Crippen LogP contribution in [0.1, 0.15) is 64.7 Å². The van der Waals surface area contributed by atoms with Crippen LogP contribution < -0.4 is 0 Å². The van der Waals surface area contributed by atoms with Crippen LogP contribution in [0, 0.1) is 0 Å². The molecule has 0 radical (unpaired) electrons. The SMILES string of the molecule is CCCCCCCCCCCOP(O)(O)=S.O=P(O)(O)O. The number of phosphoric acid groups is 1. The smallest absolute Gasteiger partial charge is 0.325 e. The highest BCUT2D eigenvalue weighted by molar-refractivity contribution is 8.06. The van der Waals surface area contributed by atoms with Gasteiger partial charge in [0.1, 0.15) is 0 Å². The molecule has 0 aliphatic rings. The van der Waals surface area contributed by atoms with Crippen molar-refractivity contribution in [2.45, 2.75) is 64.7 Å². The molecule has 0 unspecified atom stereocenters. The molecule has 0 aromatic heterocycles. The van der Waals surface area contributed by atoms with Crippen LogP contribution in [-0.2, 0) is 20.9 Å². The summed E-state index contributed by atoms with van der Waals surface area (Å²) in [6.07, 6.45) is 11.1. The van der Waals surface area contributed by atoms with E-state index >= 15 is 0 Å². The third-order valence-corrected chi connectivity index (χ3v) is 3.34. The van der Waals surface area contributed by atoms with Crippen molar-refractivity contribution in [3.63, 3.8) is 0 Å². The van der Waals surface area contributed by atoms with Gasteiger partial charge in [-0.05, 0) is 18.2 Å². The molecular weight excluding hydrogens is 338 g/mol. The Labute approximate surface area is 131 Å². The molecule has 0 aliphatic heterocycles. The summed E-state index contributed by atoms with van der Waals surface area (Å²) in [5, 5.41) is 0. The Hall–Kier alpha value is 0.640. The molecule has 0 atom stereocenters. The zero-order chi connectivity index (χ0) is 16.8. The molecule has 0 rings (SSSR count). The van der Waals surface area contributed by atoms with Crippen molar-refractivity contribution in [3.05, 3.63) is 0 Å². The minimum Gasteiger partial charge on any atom is -0.325 e. The van der Waals surface area contributed by atoms with Crippen molar-refractivity contribution in [2.24, 2.45) is 0 Å². The highest BCUT2D eigenvalue weighted by atomic mass is 32.5. The maximum atomic E-state index is 8.88. The Morgan fingerprint density at radius 1 is 0.810 bits per heavy atom. The van der Waals surface area contributed by atoms with E-state index in [1.165, 1.54) is 44.9 Å². The standard InChI is InChI=1S/C11H25O3PS.H3O4P/c1-2-3-4-5-6-7-8-9-10-11-14-15(12,13)16;1-5(2,3)4/h2-11H2,1H3,(H2,12,13,16);(H3,1,2,3,4). The zero-order valence-electron chi connectivity index (χ0n) is 12.4. The molecule has 0 heterocycles. The molecule has 130 valence electrons. The van der Waals surface area contributed by atoms with Gasteiger partial charge in [0, 0.05) is 0 Å². The lowest BCUT2D eigenvalue weighted by Gasteiger charge is -2.07. The van der Waals surface area contributed by atoms with Gasteiger partial charge in [-0.1, -0.05) is 58.3 Å². The summed E-state index contributed by atoms with van der Waals surface area (Å²) in [5.74, 6) is 0. The summed E-state index contributed by atoms with van der Waals surface area (Å²) < 4.78 is 13.6. The van der Waals surface area contributed by atoms with Crippen LogP contribution in [-0.4, -0.2) is 31.1 Å². The van der Waals surface area contributed by atoms with E-state index < -0.39 is 14.5 Å². The minimum atomic E-state index is -4.64. The molecule has 0 aromatic carbocycles. The van der Waals surface area contributed by atoms with Gasteiger partial charge in [0.25, 0.3) is 0 Å². The molecule has 5 N–H and O–H groups in total. The zero-order valence-corrected chi connectivity index (χ0v) is 15.0. The summed E-state index contributed by atoms with van der Waals surface area (Å²) >= 11 is 4.34. The molecule has 0 saturated heterocycles. The van der Waals surface area contributed by atoms with Crippen LogP contribution in [0.25, 0.3) is 0 Å². The van der Waals surface area contributed by atoms with E-state index in [4.69, 9.17) is 33.6 Å². The summed E-state index contributed by atoms with van der Waals surface area (Å²) in [7, 11) is -4.64. The second-order valence-corrected chi connectivity index (χ2v) is 8.36. The quantitative estimate of drug-likeness (QED) is 0.279. The molecule has 21 heavy (non-hydrogen) atoms. The van der Waals surface area contributed by atoms with Crippen molar-refractivity contribution in [3.8, 4) is 0 Å². The van der Waals surface area contributed by atoms with Gasteiger partial charge in [-0.25, -0.2) is 4.57 Å². The summed E-state index contributed by atoms with van der Waals surface area (Å²) in [4.78, 5) is 39.2. The monoisotopic (exact) mass is 366 g/mol. The maximum absolute atomic E-state index is 8.88. The lowest BCUT2D eigenvalue weighted by Crippen LogP contribution is -1.92. The summed E-state index contributed by atoms with van der Waals surface area (Å²) in [5.41, 5.74) is 0. The molecule has 7 nitrogen and oxygen atoms in total. The lowest BCUT2D eigenvalue weighted by atomic mass is 10.1. The fraction of sp³-hybridized carbons (Fsp3) is 1.00. The van der Waals surface area contributed by atoms with Gasteiger partial charge in [-0.15, -0.1) is 0 Å². The molecule has 0 aromatic rings. The molecule has 10 heteroatoms. The van der Waals surface area contributed by atoms with Crippen LogP contribution in [0.5, 0.6) is 0 Å². The van der Waals surface area contributed by atoms with E-state index in [2.05, 4.69) is 18.7 Å². The van der Waals surface area contributed by atoms with Gasteiger partial charge >= 0.3 is 14.5 Å². The van der Waals surface area contributed by atoms with E-state index in [-0.39, 0.29) is 0 Å². The number of unbranched alkanes of at least 4 members (excludes halogenated alkanes) is 8. The Morgan fingerprint density at radius 2 is 1.14 bits per heavy atom. The van der Waals surface area contributed by atoms with Crippen molar-refractivity contribution >= 4 is 26.3 Å². The average Bonchev–Trinajstić information content (AvgIpc) is 2.28.